The summed E-state index contributed by atoms with van der Waals surface area (Å²) in [4.78, 5) is 20.9. The van der Waals surface area contributed by atoms with Crippen molar-refractivity contribution in [2.75, 3.05) is 0 Å². The number of nitrogens with zero attached hydrogens (tertiary/aromatic N) is 4. The van der Waals surface area contributed by atoms with Crippen LogP contribution in [0, 0.1) is 0 Å². The van der Waals surface area contributed by atoms with Gasteiger partial charge in [0.25, 0.3) is 0 Å². The molecule has 2 aromatic heterocycles. The number of carboxylic acid groups (broad SMARTS) is 1. The molecular weight excluding hydrogens is 312 g/mol. The van der Waals surface area contributed by atoms with Crippen molar-refractivity contribution in [1.29, 1.82) is 0 Å². The van der Waals surface area contributed by atoms with Gasteiger partial charge >= 0.3 is 12.1 Å². The molecule has 1 N–H and O–H groups in total. The van der Waals surface area contributed by atoms with Gasteiger partial charge in [-0.25, -0.2) is 15.0 Å². The van der Waals surface area contributed by atoms with E-state index >= 15 is 0 Å². The zero-order valence-corrected chi connectivity index (χ0v) is 10.3. The Balaban J connectivity index is 2.77. The number of aliphatic carboxylic acids is 1. The number of carbonyl (C=O) groups is 1. The number of aromatic nitrogens is 4. The molecule has 102 valence electrons. The number of fused-ring (bicyclic) bond motifs is 1. The minimum absolute atomic E-state index is 0.317. The van der Waals surface area contributed by atoms with E-state index in [-0.39, 0.29) is 10.3 Å². The van der Waals surface area contributed by atoms with Crippen molar-refractivity contribution in [3.63, 3.8) is 0 Å². The van der Waals surface area contributed by atoms with Crippen LogP contribution < -0.4 is 0 Å². The number of rotatable bonds is 2. The van der Waals surface area contributed by atoms with E-state index in [0.717, 1.165) is 0 Å². The van der Waals surface area contributed by atoms with Crippen LogP contribution in [0.2, 0.25) is 10.3 Å². The topological polar surface area (TPSA) is 80.9 Å². The Morgan fingerprint density at radius 3 is 2.32 bits per heavy atom. The number of imidazole rings is 1. The van der Waals surface area contributed by atoms with Gasteiger partial charge in [-0.3, -0.25) is 9.36 Å². The maximum absolute atomic E-state index is 12.7. The van der Waals surface area contributed by atoms with Crippen LogP contribution in [-0.4, -0.2) is 30.6 Å². The van der Waals surface area contributed by atoms with Crippen molar-refractivity contribution in [3.05, 3.63) is 16.1 Å². The molecule has 0 spiro atoms. The van der Waals surface area contributed by atoms with Gasteiger partial charge in [0.2, 0.25) is 5.82 Å². The molecule has 0 radical (unpaired) electrons. The summed E-state index contributed by atoms with van der Waals surface area (Å²) in [5.41, 5.74) is -0.827. The summed E-state index contributed by atoms with van der Waals surface area (Å²) >= 11 is 11.1. The van der Waals surface area contributed by atoms with Gasteiger partial charge in [0.1, 0.15) is 6.54 Å². The van der Waals surface area contributed by atoms with Gasteiger partial charge in [0, 0.05) is 0 Å². The highest BCUT2D eigenvalue weighted by Gasteiger charge is 2.39. The fourth-order valence-electron chi connectivity index (χ4n) is 1.40. The predicted molar refractivity (Wildman–Crippen MR) is 58.0 cm³/mol. The van der Waals surface area contributed by atoms with E-state index in [2.05, 4.69) is 15.0 Å². The summed E-state index contributed by atoms with van der Waals surface area (Å²) < 4.78 is 38.6. The number of halogens is 5. The zero-order valence-electron chi connectivity index (χ0n) is 8.74. The van der Waals surface area contributed by atoms with Crippen LogP contribution in [0.1, 0.15) is 5.82 Å². The lowest BCUT2D eigenvalue weighted by molar-refractivity contribution is -0.148. The molecule has 0 atom stereocenters. The van der Waals surface area contributed by atoms with Crippen LogP contribution in [0.5, 0.6) is 0 Å². The van der Waals surface area contributed by atoms with Crippen LogP contribution in [0.25, 0.3) is 11.3 Å². The van der Waals surface area contributed by atoms with Crippen LogP contribution >= 0.6 is 23.2 Å². The van der Waals surface area contributed by atoms with Crippen molar-refractivity contribution < 1.29 is 23.1 Å². The molecule has 0 aromatic carbocycles. The maximum Gasteiger partial charge on any atom is 0.449 e. The molecule has 0 bridgehead atoms. The highest BCUT2D eigenvalue weighted by molar-refractivity contribution is 6.40. The van der Waals surface area contributed by atoms with Crippen molar-refractivity contribution in [2.24, 2.45) is 0 Å². The normalized spacial score (nSPS) is 12.1. The Hall–Kier alpha value is -1.61. The van der Waals surface area contributed by atoms with Gasteiger partial charge in [-0.05, 0) is 0 Å². The van der Waals surface area contributed by atoms with Crippen molar-refractivity contribution in [3.8, 4) is 0 Å². The van der Waals surface area contributed by atoms with Crippen molar-refractivity contribution in [1.82, 2.24) is 19.5 Å². The first-order valence-corrected chi connectivity index (χ1v) is 5.34. The van der Waals surface area contributed by atoms with Gasteiger partial charge in [0.15, 0.2) is 21.6 Å². The Kier molecular flexibility index (Phi) is 3.27. The molecule has 6 nitrogen and oxygen atoms in total. The van der Waals surface area contributed by atoms with Crippen molar-refractivity contribution >= 4 is 40.5 Å². The largest absolute Gasteiger partial charge is 0.480 e. The summed E-state index contributed by atoms with van der Waals surface area (Å²) in [6, 6.07) is 0. The molecule has 0 aliphatic rings. The third-order valence-electron chi connectivity index (χ3n) is 2.05. The summed E-state index contributed by atoms with van der Waals surface area (Å²) in [5, 5.41) is 7.98. The third-order valence-corrected chi connectivity index (χ3v) is 2.67. The molecule has 0 unspecified atom stereocenters. The SMILES string of the molecule is O=C(O)Cn1c(C(F)(F)F)nc2nc(Cl)c(Cl)nc21. The maximum atomic E-state index is 12.7. The van der Waals surface area contributed by atoms with E-state index in [9.17, 15) is 18.0 Å². The summed E-state index contributed by atoms with van der Waals surface area (Å²) in [7, 11) is 0. The Morgan fingerprint density at radius 2 is 1.79 bits per heavy atom. The number of carboxylic acids is 1. The predicted octanol–water partition coefficient (Wildman–Crippen LogP) is 2.24. The van der Waals surface area contributed by atoms with Crippen LogP contribution in [0.3, 0.4) is 0 Å². The molecule has 0 fully saturated rings. The van der Waals surface area contributed by atoms with Crippen LogP contribution in [0.4, 0.5) is 13.2 Å². The minimum Gasteiger partial charge on any atom is -0.480 e. The highest BCUT2D eigenvalue weighted by atomic mass is 35.5. The third kappa shape index (κ3) is 2.56. The van der Waals surface area contributed by atoms with E-state index in [1.54, 1.807) is 0 Å². The molecule has 19 heavy (non-hydrogen) atoms. The highest BCUT2D eigenvalue weighted by Crippen LogP contribution is 2.31. The molecule has 2 rings (SSSR count). The molecule has 2 heterocycles. The fraction of sp³-hybridized carbons (Fsp3) is 0.250. The number of hydrogen-bond donors (Lipinski definition) is 1. The lowest BCUT2D eigenvalue weighted by Gasteiger charge is -2.08. The molecule has 0 saturated heterocycles. The summed E-state index contributed by atoms with van der Waals surface area (Å²) in [6.07, 6.45) is -4.85. The van der Waals surface area contributed by atoms with Gasteiger partial charge in [-0.15, -0.1) is 0 Å². The molecule has 0 saturated carbocycles. The second-order valence-corrected chi connectivity index (χ2v) is 4.08. The Morgan fingerprint density at radius 1 is 1.21 bits per heavy atom. The summed E-state index contributed by atoms with van der Waals surface area (Å²) in [6.45, 7) is -0.974. The fourth-order valence-corrected chi connectivity index (χ4v) is 1.64. The van der Waals surface area contributed by atoms with Gasteiger partial charge in [-0.2, -0.15) is 13.2 Å². The Labute approximate surface area is 112 Å². The monoisotopic (exact) mass is 314 g/mol. The second-order valence-electron chi connectivity index (χ2n) is 3.37. The average Bonchev–Trinajstić information content (AvgIpc) is 2.57. The summed E-state index contributed by atoms with van der Waals surface area (Å²) in [5.74, 6) is -2.92. The lowest BCUT2D eigenvalue weighted by Crippen LogP contribution is -2.19. The second kappa shape index (κ2) is 4.49. The minimum atomic E-state index is -4.85. The standard InChI is InChI=1S/C8H3Cl2F3N4O2/c9-3-4(10)15-6-5(14-3)16-7(8(11,12)13)17(6)1-2(18)19/h1H2,(H,18,19). The van der Waals surface area contributed by atoms with E-state index < -0.39 is 35.8 Å². The first-order valence-electron chi connectivity index (χ1n) is 4.58. The molecular formula is C8H3Cl2F3N4O2. The van der Waals surface area contributed by atoms with Gasteiger partial charge < -0.3 is 5.11 Å². The van der Waals surface area contributed by atoms with Crippen LogP contribution in [-0.2, 0) is 17.5 Å². The van der Waals surface area contributed by atoms with E-state index in [0.29, 0.717) is 4.57 Å². The molecule has 11 heteroatoms. The van der Waals surface area contributed by atoms with E-state index in [1.165, 1.54) is 0 Å². The first-order chi connectivity index (χ1) is 8.70. The number of alkyl halides is 3. The first kappa shape index (κ1) is 13.8. The lowest BCUT2D eigenvalue weighted by atomic mass is 10.5. The van der Waals surface area contributed by atoms with Crippen LogP contribution in [0.15, 0.2) is 0 Å². The molecule has 2 aromatic rings. The van der Waals surface area contributed by atoms with E-state index in [1.807, 2.05) is 0 Å². The molecule has 0 aliphatic carbocycles. The quantitative estimate of drug-likeness (QED) is 0.919. The Bertz CT molecular complexity index is 670. The van der Waals surface area contributed by atoms with E-state index in [4.69, 9.17) is 28.3 Å². The van der Waals surface area contributed by atoms with Crippen molar-refractivity contribution in [2.45, 2.75) is 12.7 Å². The zero-order chi connectivity index (χ0) is 14.4. The van der Waals surface area contributed by atoms with Gasteiger partial charge in [-0.1, -0.05) is 23.2 Å². The average molecular weight is 315 g/mol. The smallest absolute Gasteiger partial charge is 0.449 e. The van der Waals surface area contributed by atoms with Gasteiger partial charge in [0.05, 0.1) is 0 Å². The molecule has 0 amide bonds. The number of hydrogen-bond acceptors (Lipinski definition) is 4. The molecule has 0 aliphatic heterocycles.